The zero-order chi connectivity index (χ0) is 27.8. The van der Waals surface area contributed by atoms with Crippen molar-refractivity contribution in [3.63, 3.8) is 0 Å². The van der Waals surface area contributed by atoms with E-state index >= 15 is 0 Å². The fraction of sp³-hybridized carbons (Fsp3) is 0.294. The van der Waals surface area contributed by atoms with E-state index < -0.39 is 0 Å². The number of hydrogen-bond donors (Lipinski definition) is 2. The molecule has 2 amide bonds. The second-order valence-electron chi connectivity index (χ2n) is 11.7. The van der Waals surface area contributed by atoms with Gasteiger partial charge in [0.05, 0.1) is 0 Å². The Hall–Kier alpha value is -3.92. The summed E-state index contributed by atoms with van der Waals surface area (Å²) in [5.41, 5.74) is 6.72. The average molecular weight is 509 g/mol. The first-order chi connectivity index (χ1) is 17.9. The van der Waals surface area contributed by atoms with Gasteiger partial charge in [-0.25, -0.2) is 0 Å². The van der Waals surface area contributed by atoms with Gasteiger partial charge < -0.3 is 10.6 Å². The number of hydrogen-bond acceptors (Lipinski definition) is 2. The van der Waals surface area contributed by atoms with Crippen LogP contribution in [0.1, 0.15) is 74.9 Å². The Morgan fingerprint density at radius 1 is 0.553 bits per heavy atom. The number of nitrogens with one attached hydrogen (secondary N) is 2. The molecule has 38 heavy (non-hydrogen) atoms. The molecule has 4 heteroatoms. The van der Waals surface area contributed by atoms with Gasteiger partial charge in [-0.15, -0.1) is 0 Å². The van der Waals surface area contributed by atoms with Gasteiger partial charge in [-0.3, -0.25) is 9.59 Å². The number of benzene rings is 3. The van der Waals surface area contributed by atoms with Crippen LogP contribution in [-0.2, 0) is 33.5 Å². The number of carbonyl (C=O) groups is 2. The van der Waals surface area contributed by atoms with Crippen molar-refractivity contribution in [2.75, 3.05) is 0 Å². The van der Waals surface area contributed by atoms with Crippen molar-refractivity contribution in [2.24, 2.45) is 0 Å². The fourth-order valence-corrected chi connectivity index (χ4v) is 3.80. The topological polar surface area (TPSA) is 58.2 Å². The molecule has 0 aromatic heterocycles. The minimum atomic E-state index is -0.138. The van der Waals surface area contributed by atoms with Crippen molar-refractivity contribution in [3.8, 4) is 0 Å². The smallest absolute Gasteiger partial charge is 0.244 e. The first kappa shape index (κ1) is 28.6. The molecule has 4 nitrogen and oxygen atoms in total. The summed E-state index contributed by atoms with van der Waals surface area (Å²) in [7, 11) is 0. The van der Waals surface area contributed by atoms with Gasteiger partial charge in [0.2, 0.25) is 11.8 Å². The highest BCUT2D eigenvalue weighted by atomic mass is 16.2. The van der Waals surface area contributed by atoms with E-state index in [4.69, 9.17) is 0 Å². The Balaban J connectivity index is 1.42. The van der Waals surface area contributed by atoms with Gasteiger partial charge in [0.25, 0.3) is 0 Å². The highest BCUT2D eigenvalue weighted by molar-refractivity contribution is 5.92. The lowest BCUT2D eigenvalue weighted by Gasteiger charge is -2.18. The standard InChI is InChI=1S/C34H40N2O2/c1-33(2,3)29-17-11-25(12-18-29)15-21-31(37)35-23-27-7-9-28(10-8-27)24-36-32(38)22-16-26-13-19-30(20-14-26)34(4,5)6/h7-22H,23-24H2,1-6H3,(H,35,37)(H,36,38). The molecule has 0 radical (unpaired) electrons. The fourth-order valence-electron chi connectivity index (χ4n) is 3.80. The molecular weight excluding hydrogens is 468 g/mol. The molecule has 3 rings (SSSR count). The monoisotopic (exact) mass is 508 g/mol. The minimum Gasteiger partial charge on any atom is -0.348 e. The first-order valence-electron chi connectivity index (χ1n) is 13.1. The Kier molecular flexibility index (Phi) is 9.46. The van der Waals surface area contributed by atoms with Crippen molar-refractivity contribution in [1.82, 2.24) is 10.6 Å². The predicted octanol–water partition coefficient (Wildman–Crippen LogP) is 6.94. The van der Waals surface area contributed by atoms with E-state index in [9.17, 15) is 9.59 Å². The van der Waals surface area contributed by atoms with Crippen LogP contribution in [-0.4, -0.2) is 11.8 Å². The van der Waals surface area contributed by atoms with Crippen LogP contribution in [0.3, 0.4) is 0 Å². The molecule has 3 aromatic rings. The summed E-state index contributed by atoms with van der Waals surface area (Å²) in [6, 6.07) is 24.4. The normalized spacial score (nSPS) is 12.2. The maximum atomic E-state index is 12.2. The highest BCUT2D eigenvalue weighted by Gasteiger charge is 2.13. The third-order valence-corrected chi connectivity index (χ3v) is 6.36. The molecule has 0 atom stereocenters. The second kappa shape index (κ2) is 12.6. The number of amides is 2. The Bertz CT molecular complexity index is 1170. The van der Waals surface area contributed by atoms with Gasteiger partial charge in [-0.1, -0.05) is 114 Å². The van der Waals surface area contributed by atoms with Crippen LogP contribution in [0.25, 0.3) is 12.2 Å². The molecule has 2 N–H and O–H groups in total. The van der Waals surface area contributed by atoms with Gasteiger partial charge >= 0.3 is 0 Å². The molecule has 0 aliphatic heterocycles. The van der Waals surface area contributed by atoms with E-state index in [2.05, 4.69) is 76.4 Å². The molecule has 0 saturated carbocycles. The largest absolute Gasteiger partial charge is 0.348 e. The van der Waals surface area contributed by atoms with Crippen LogP contribution >= 0.6 is 0 Å². The molecule has 0 bridgehead atoms. The molecule has 0 heterocycles. The summed E-state index contributed by atoms with van der Waals surface area (Å²) in [5, 5.41) is 5.83. The molecule has 3 aromatic carbocycles. The molecule has 0 aliphatic carbocycles. The van der Waals surface area contributed by atoms with E-state index in [-0.39, 0.29) is 22.6 Å². The van der Waals surface area contributed by atoms with Crippen LogP contribution in [0.5, 0.6) is 0 Å². The molecule has 0 unspecified atom stereocenters. The summed E-state index contributed by atoms with van der Waals surface area (Å²) >= 11 is 0. The summed E-state index contributed by atoms with van der Waals surface area (Å²) < 4.78 is 0. The van der Waals surface area contributed by atoms with Crippen molar-refractivity contribution >= 4 is 24.0 Å². The third kappa shape index (κ3) is 9.19. The SMILES string of the molecule is CC(C)(C)c1ccc(C=CC(=O)NCc2ccc(CNC(=O)C=Cc3ccc(C(C)(C)C)cc3)cc2)cc1. The van der Waals surface area contributed by atoms with Gasteiger partial charge in [0.1, 0.15) is 0 Å². The van der Waals surface area contributed by atoms with Gasteiger partial charge in [0, 0.05) is 25.2 Å². The summed E-state index contributed by atoms with van der Waals surface area (Å²) in [6.07, 6.45) is 6.76. The van der Waals surface area contributed by atoms with Crippen LogP contribution in [0.2, 0.25) is 0 Å². The molecule has 0 aliphatic rings. The van der Waals surface area contributed by atoms with Crippen LogP contribution in [0.4, 0.5) is 0 Å². The maximum Gasteiger partial charge on any atom is 0.244 e. The quantitative estimate of drug-likeness (QED) is 0.324. The lowest BCUT2D eigenvalue weighted by atomic mass is 9.87. The minimum absolute atomic E-state index is 0.108. The van der Waals surface area contributed by atoms with Gasteiger partial charge in [-0.05, 0) is 56.4 Å². The van der Waals surface area contributed by atoms with E-state index in [0.29, 0.717) is 13.1 Å². The van der Waals surface area contributed by atoms with Crippen molar-refractivity contribution in [3.05, 3.63) is 118 Å². The van der Waals surface area contributed by atoms with Crippen molar-refractivity contribution in [1.29, 1.82) is 0 Å². The predicted molar refractivity (Wildman–Crippen MR) is 158 cm³/mol. The Morgan fingerprint density at radius 2 is 0.868 bits per heavy atom. The Labute approximate surface area is 227 Å². The Morgan fingerprint density at radius 3 is 1.16 bits per heavy atom. The summed E-state index contributed by atoms with van der Waals surface area (Å²) in [6.45, 7) is 14.0. The zero-order valence-corrected chi connectivity index (χ0v) is 23.5. The maximum absolute atomic E-state index is 12.2. The van der Waals surface area contributed by atoms with Crippen LogP contribution < -0.4 is 10.6 Å². The van der Waals surface area contributed by atoms with E-state index in [1.807, 2.05) is 60.7 Å². The number of carbonyl (C=O) groups excluding carboxylic acids is 2. The molecule has 0 saturated heterocycles. The molecular formula is C34H40N2O2. The van der Waals surface area contributed by atoms with Gasteiger partial charge in [0.15, 0.2) is 0 Å². The molecule has 0 spiro atoms. The zero-order valence-electron chi connectivity index (χ0n) is 23.5. The summed E-state index contributed by atoms with van der Waals surface area (Å²) in [5.74, 6) is -0.276. The second-order valence-corrected chi connectivity index (χ2v) is 11.7. The van der Waals surface area contributed by atoms with Crippen LogP contribution in [0, 0.1) is 0 Å². The number of rotatable bonds is 8. The van der Waals surface area contributed by atoms with Crippen LogP contribution in [0.15, 0.2) is 84.9 Å². The average Bonchev–Trinajstić information content (AvgIpc) is 2.88. The third-order valence-electron chi connectivity index (χ3n) is 6.36. The van der Waals surface area contributed by atoms with E-state index in [1.54, 1.807) is 12.2 Å². The van der Waals surface area contributed by atoms with E-state index in [1.165, 1.54) is 11.1 Å². The van der Waals surface area contributed by atoms with Crippen molar-refractivity contribution in [2.45, 2.75) is 65.5 Å². The highest BCUT2D eigenvalue weighted by Crippen LogP contribution is 2.23. The van der Waals surface area contributed by atoms with E-state index in [0.717, 1.165) is 22.3 Å². The first-order valence-corrected chi connectivity index (χ1v) is 13.1. The van der Waals surface area contributed by atoms with Gasteiger partial charge in [-0.2, -0.15) is 0 Å². The lowest BCUT2D eigenvalue weighted by Crippen LogP contribution is -2.21. The van der Waals surface area contributed by atoms with Crippen molar-refractivity contribution < 1.29 is 9.59 Å². The molecule has 198 valence electrons. The molecule has 0 fully saturated rings. The lowest BCUT2D eigenvalue weighted by molar-refractivity contribution is -0.117. The summed E-state index contributed by atoms with van der Waals surface area (Å²) in [4.78, 5) is 24.5.